The summed E-state index contributed by atoms with van der Waals surface area (Å²) < 4.78 is 0. The number of hydrogen-bond donors (Lipinski definition) is 1. The molecule has 0 saturated heterocycles. The maximum Gasteiger partial charge on any atom is 0.226 e. The molecule has 0 aliphatic heterocycles. The van der Waals surface area contributed by atoms with Gasteiger partial charge in [0, 0.05) is 37.2 Å². The van der Waals surface area contributed by atoms with Crippen LogP contribution in [0.25, 0.3) is 0 Å². The molecule has 1 atom stereocenters. The lowest BCUT2D eigenvalue weighted by atomic mass is 9.89. The monoisotopic (exact) mass is 312 g/mol. The molecular weight excluding hydrogens is 288 g/mol. The zero-order valence-corrected chi connectivity index (χ0v) is 14.0. The Morgan fingerprint density at radius 2 is 2.26 bits per heavy atom. The first-order valence-corrected chi connectivity index (χ1v) is 8.27. The molecule has 0 radical (unpaired) electrons. The average Bonchev–Trinajstić information content (AvgIpc) is 2.98. The number of nitrogens with one attached hydrogen (secondary N) is 1. The molecule has 1 aliphatic carbocycles. The molecule has 122 valence electrons. The number of pyridine rings is 1. The van der Waals surface area contributed by atoms with Gasteiger partial charge in [0.1, 0.15) is 5.82 Å². The predicted octanol–water partition coefficient (Wildman–Crippen LogP) is 2.69. The number of rotatable bonds is 4. The van der Waals surface area contributed by atoms with Crippen molar-refractivity contribution in [2.75, 3.05) is 7.05 Å². The summed E-state index contributed by atoms with van der Waals surface area (Å²) in [6.07, 6.45) is 4.28. The van der Waals surface area contributed by atoms with E-state index in [2.05, 4.69) is 28.8 Å². The first-order chi connectivity index (χ1) is 11.0. The number of amides is 1. The van der Waals surface area contributed by atoms with Crippen molar-refractivity contribution in [1.29, 1.82) is 0 Å². The second-order valence-corrected chi connectivity index (χ2v) is 6.66. The van der Waals surface area contributed by atoms with Crippen LogP contribution in [0, 0.1) is 5.92 Å². The number of hydrogen-bond acceptors (Lipinski definition) is 3. The Balaban J connectivity index is 1.66. The molecule has 1 amide bonds. The van der Waals surface area contributed by atoms with Crippen LogP contribution >= 0.6 is 0 Å². The molecule has 3 rings (SSSR count). The highest BCUT2D eigenvalue weighted by Crippen LogP contribution is 2.27. The van der Waals surface area contributed by atoms with Gasteiger partial charge in [-0.3, -0.25) is 9.78 Å². The van der Waals surface area contributed by atoms with Gasteiger partial charge in [0.2, 0.25) is 5.91 Å². The molecule has 0 saturated carbocycles. The molecule has 1 aliphatic rings. The maximum absolute atomic E-state index is 12.7. The van der Waals surface area contributed by atoms with Crippen molar-refractivity contribution in [3.8, 4) is 0 Å². The van der Waals surface area contributed by atoms with Gasteiger partial charge in [0.05, 0.1) is 17.9 Å². The van der Waals surface area contributed by atoms with Gasteiger partial charge in [-0.15, -0.1) is 0 Å². The Morgan fingerprint density at radius 3 is 2.96 bits per heavy atom. The minimum Gasteiger partial charge on any atom is -0.345 e. The molecule has 0 unspecified atom stereocenters. The quantitative estimate of drug-likeness (QED) is 0.944. The average molecular weight is 312 g/mol. The summed E-state index contributed by atoms with van der Waals surface area (Å²) in [4.78, 5) is 26.9. The van der Waals surface area contributed by atoms with E-state index in [1.54, 1.807) is 11.1 Å². The number of aromatic nitrogens is 3. The van der Waals surface area contributed by atoms with Crippen LogP contribution in [0.4, 0.5) is 0 Å². The zero-order chi connectivity index (χ0) is 16.4. The minimum atomic E-state index is 0.0386. The third-order valence-electron chi connectivity index (χ3n) is 4.46. The van der Waals surface area contributed by atoms with Crippen LogP contribution in [0.3, 0.4) is 0 Å². The lowest BCUT2D eigenvalue weighted by molar-refractivity contribution is -0.135. The largest absolute Gasteiger partial charge is 0.345 e. The SMILES string of the molecule is CC(C)c1nc2c([nH]1)C[C@@H](C(=O)N(C)Cc1ccccn1)CC2. The number of aryl methyl sites for hydroxylation is 1. The smallest absolute Gasteiger partial charge is 0.226 e. The first kappa shape index (κ1) is 15.7. The summed E-state index contributed by atoms with van der Waals surface area (Å²) in [5.41, 5.74) is 3.21. The Morgan fingerprint density at radius 1 is 1.43 bits per heavy atom. The van der Waals surface area contributed by atoms with Gasteiger partial charge in [-0.25, -0.2) is 4.98 Å². The van der Waals surface area contributed by atoms with Crippen molar-refractivity contribution in [3.63, 3.8) is 0 Å². The Hall–Kier alpha value is -2.17. The van der Waals surface area contributed by atoms with Gasteiger partial charge < -0.3 is 9.88 Å². The van der Waals surface area contributed by atoms with Crippen LogP contribution in [0.15, 0.2) is 24.4 Å². The molecule has 23 heavy (non-hydrogen) atoms. The van der Waals surface area contributed by atoms with Crippen molar-refractivity contribution in [1.82, 2.24) is 19.9 Å². The van der Waals surface area contributed by atoms with E-state index < -0.39 is 0 Å². The number of nitrogens with zero attached hydrogens (tertiary/aromatic N) is 3. The second-order valence-electron chi connectivity index (χ2n) is 6.66. The van der Waals surface area contributed by atoms with E-state index in [9.17, 15) is 4.79 Å². The lowest BCUT2D eigenvalue weighted by Crippen LogP contribution is -2.35. The van der Waals surface area contributed by atoms with Crippen molar-refractivity contribution in [2.45, 2.75) is 45.6 Å². The minimum absolute atomic E-state index is 0.0386. The first-order valence-electron chi connectivity index (χ1n) is 8.27. The number of imidazole rings is 1. The number of fused-ring (bicyclic) bond motifs is 1. The van der Waals surface area contributed by atoms with E-state index in [1.807, 2.05) is 25.2 Å². The van der Waals surface area contributed by atoms with E-state index in [4.69, 9.17) is 0 Å². The fraction of sp³-hybridized carbons (Fsp3) is 0.500. The molecule has 2 aromatic rings. The zero-order valence-electron chi connectivity index (χ0n) is 14.0. The molecule has 1 N–H and O–H groups in total. The lowest BCUT2D eigenvalue weighted by Gasteiger charge is -2.26. The van der Waals surface area contributed by atoms with E-state index in [1.165, 1.54) is 0 Å². The fourth-order valence-electron chi connectivity index (χ4n) is 3.11. The van der Waals surface area contributed by atoms with E-state index >= 15 is 0 Å². The second kappa shape index (κ2) is 6.52. The Kier molecular flexibility index (Phi) is 4.46. The van der Waals surface area contributed by atoms with Gasteiger partial charge in [0.25, 0.3) is 0 Å². The van der Waals surface area contributed by atoms with Gasteiger partial charge in [0.15, 0.2) is 0 Å². The van der Waals surface area contributed by atoms with Crippen LogP contribution in [0.1, 0.15) is 49.1 Å². The van der Waals surface area contributed by atoms with Crippen LogP contribution in [0.5, 0.6) is 0 Å². The summed E-state index contributed by atoms with van der Waals surface area (Å²) >= 11 is 0. The standard InChI is InChI=1S/C18H24N4O/c1-12(2)17-20-15-8-7-13(10-16(15)21-17)18(23)22(3)11-14-6-4-5-9-19-14/h4-6,9,12-13H,7-8,10-11H2,1-3H3,(H,20,21)/t13-/m0/s1. The Labute approximate surface area is 137 Å². The summed E-state index contributed by atoms with van der Waals surface area (Å²) in [6, 6.07) is 5.79. The normalized spacial score (nSPS) is 17.1. The van der Waals surface area contributed by atoms with Crippen molar-refractivity contribution >= 4 is 5.91 Å². The molecular formula is C18H24N4O. The van der Waals surface area contributed by atoms with Gasteiger partial charge >= 0.3 is 0 Å². The highest BCUT2D eigenvalue weighted by molar-refractivity contribution is 5.79. The van der Waals surface area contributed by atoms with Crippen LogP contribution < -0.4 is 0 Å². The van der Waals surface area contributed by atoms with E-state index in [-0.39, 0.29) is 11.8 Å². The molecule has 5 heteroatoms. The van der Waals surface area contributed by atoms with E-state index in [0.717, 1.165) is 42.2 Å². The summed E-state index contributed by atoms with van der Waals surface area (Å²) in [5, 5.41) is 0. The number of carbonyl (C=O) groups excluding carboxylic acids is 1. The summed E-state index contributed by atoms with van der Waals surface area (Å²) in [5.74, 6) is 1.66. The van der Waals surface area contributed by atoms with Gasteiger partial charge in [-0.05, 0) is 25.0 Å². The topological polar surface area (TPSA) is 61.9 Å². The van der Waals surface area contributed by atoms with Crippen molar-refractivity contribution in [3.05, 3.63) is 47.3 Å². The van der Waals surface area contributed by atoms with Gasteiger partial charge in [-0.1, -0.05) is 19.9 Å². The predicted molar refractivity (Wildman–Crippen MR) is 88.9 cm³/mol. The van der Waals surface area contributed by atoms with Gasteiger partial charge in [-0.2, -0.15) is 0 Å². The number of H-pyrrole nitrogens is 1. The molecule has 0 spiro atoms. The van der Waals surface area contributed by atoms with Crippen molar-refractivity contribution < 1.29 is 4.79 Å². The third-order valence-corrected chi connectivity index (χ3v) is 4.46. The molecule has 0 bridgehead atoms. The molecule has 0 fully saturated rings. The Bertz CT molecular complexity index is 678. The summed E-state index contributed by atoms with van der Waals surface area (Å²) in [6.45, 7) is 4.82. The summed E-state index contributed by atoms with van der Waals surface area (Å²) in [7, 11) is 1.86. The van der Waals surface area contributed by atoms with Crippen LogP contribution in [0.2, 0.25) is 0 Å². The molecule has 5 nitrogen and oxygen atoms in total. The highest BCUT2D eigenvalue weighted by atomic mass is 16.2. The molecule has 2 heterocycles. The van der Waals surface area contributed by atoms with Crippen molar-refractivity contribution in [2.24, 2.45) is 5.92 Å². The number of aromatic amines is 1. The molecule has 2 aromatic heterocycles. The maximum atomic E-state index is 12.7. The van der Waals surface area contributed by atoms with Crippen LogP contribution in [-0.2, 0) is 24.2 Å². The highest BCUT2D eigenvalue weighted by Gasteiger charge is 2.29. The van der Waals surface area contributed by atoms with Crippen LogP contribution in [-0.4, -0.2) is 32.8 Å². The fourth-order valence-corrected chi connectivity index (χ4v) is 3.11. The number of carbonyl (C=O) groups is 1. The third kappa shape index (κ3) is 3.44. The van der Waals surface area contributed by atoms with E-state index in [0.29, 0.717) is 12.5 Å². The molecule has 0 aromatic carbocycles.